The number of allylic oxidation sites excluding steroid dienone is 1. The van der Waals surface area contributed by atoms with Crippen LogP contribution in [0.2, 0.25) is 0 Å². The van der Waals surface area contributed by atoms with Crippen LogP contribution in [0.4, 0.5) is 0 Å². The van der Waals surface area contributed by atoms with Gasteiger partial charge in [-0.25, -0.2) is 0 Å². The standard InChI is InChI=1S/C26H29NO5/c1-3-4-17-5-6-18-11-26(30,32-23(18)9-17)21-7-8-22-16(2)20(15-31-24(22)10-21)14-27-12-19(13-27)25(28)29/h5-10,19,30H,3-4,11-15H2,1-2H3,(H,28,29). The van der Waals surface area contributed by atoms with Gasteiger partial charge in [0.05, 0.1) is 5.92 Å². The highest BCUT2D eigenvalue weighted by atomic mass is 16.6. The van der Waals surface area contributed by atoms with Gasteiger partial charge in [-0.3, -0.25) is 9.69 Å². The molecule has 0 radical (unpaired) electrons. The maximum Gasteiger partial charge on any atom is 0.309 e. The van der Waals surface area contributed by atoms with Crippen LogP contribution in [-0.4, -0.2) is 47.3 Å². The summed E-state index contributed by atoms with van der Waals surface area (Å²) in [4.78, 5) is 13.2. The number of carboxylic acid groups (broad SMARTS) is 1. The zero-order valence-corrected chi connectivity index (χ0v) is 18.6. The van der Waals surface area contributed by atoms with E-state index in [-0.39, 0.29) is 5.92 Å². The number of aryl methyl sites for hydroxylation is 1. The number of hydrogen-bond donors (Lipinski definition) is 2. The summed E-state index contributed by atoms with van der Waals surface area (Å²) in [5, 5.41) is 20.4. The van der Waals surface area contributed by atoms with E-state index in [1.54, 1.807) is 0 Å². The zero-order valence-electron chi connectivity index (χ0n) is 18.6. The molecule has 3 aliphatic rings. The number of ether oxygens (including phenoxy) is 2. The van der Waals surface area contributed by atoms with Crippen molar-refractivity contribution >= 4 is 11.5 Å². The predicted octanol–water partition coefficient (Wildman–Crippen LogP) is 3.60. The highest BCUT2D eigenvalue weighted by Gasteiger charge is 2.40. The Bertz CT molecular complexity index is 1100. The van der Waals surface area contributed by atoms with Crippen molar-refractivity contribution in [1.82, 2.24) is 4.90 Å². The first-order valence-corrected chi connectivity index (χ1v) is 11.3. The number of fused-ring (bicyclic) bond motifs is 2. The number of rotatable bonds is 6. The normalized spacial score (nSPS) is 22.6. The molecule has 2 N–H and O–H groups in total. The van der Waals surface area contributed by atoms with Crippen LogP contribution in [0.25, 0.3) is 5.57 Å². The summed E-state index contributed by atoms with van der Waals surface area (Å²) in [6.45, 7) is 6.59. The molecule has 0 amide bonds. The van der Waals surface area contributed by atoms with Crippen molar-refractivity contribution in [2.24, 2.45) is 5.92 Å². The molecule has 0 bridgehead atoms. The van der Waals surface area contributed by atoms with E-state index in [2.05, 4.69) is 30.9 Å². The Kier molecular flexibility index (Phi) is 5.22. The van der Waals surface area contributed by atoms with Crippen LogP contribution < -0.4 is 9.47 Å². The molecule has 1 atom stereocenters. The maximum absolute atomic E-state index is 11.3. The zero-order chi connectivity index (χ0) is 22.5. The Labute approximate surface area is 188 Å². The summed E-state index contributed by atoms with van der Waals surface area (Å²) in [6, 6.07) is 12.0. The second-order valence-corrected chi connectivity index (χ2v) is 9.21. The molecule has 0 spiro atoms. The average molecular weight is 436 g/mol. The van der Waals surface area contributed by atoms with Gasteiger partial charge in [0, 0.05) is 42.7 Å². The monoisotopic (exact) mass is 435 g/mol. The smallest absolute Gasteiger partial charge is 0.309 e. The average Bonchev–Trinajstić information content (AvgIpc) is 3.08. The van der Waals surface area contributed by atoms with E-state index >= 15 is 0 Å². The largest absolute Gasteiger partial charge is 0.489 e. The minimum atomic E-state index is -1.40. The summed E-state index contributed by atoms with van der Waals surface area (Å²) >= 11 is 0. The molecule has 0 aliphatic carbocycles. The fourth-order valence-electron chi connectivity index (χ4n) is 4.87. The molecule has 6 heteroatoms. The molecule has 0 saturated carbocycles. The minimum Gasteiger partial charge on any atom is -0.489 e. The van der Waals surface area contributed by atoms with Crippen LogP contribution in [0.15, 0.2) is 42.0 Å². The number of nitrogens with zero attached hydrogens (tertiary/aromatic N) is 1. The number of carboxylic acids is 1. The van der Waals surface area contributed by atoms with E-state index in [9.17, 15) is 9.90 Å². The molecular weight excluding hydrogens is 406 g/mol. The van der Waals surface area contributed by atoms with Crippen molar-refractivity contribution < 1.29 is 24.5 Å². The molecule has 6 nitrogen and oxygen atoms in total. The van der Waals surface area contributed by atoms with E-state index in [1.807, 2.05) is 24.3 Å². The van der Waals surface area contributed by atoms with Gasteiger partial charge in [0.2, 0.25) is 5.79 Å². The highest BCUT2D eigenvalue weighted by molar-refractivity contribution is 5.75. The van der Waals surface area contributed by atoms with E-state index in [1.165, 1.54) is 11.1 Å². The number of likely N-dealkylation sites (tertiary alicyclic amines) is 1. The van der Waals surface area contributed by atoms with Crippen LogP contribution in [0.5, 0.6) is 11.5 Å². The summed E-state index contributed by atoms with van der Waals surface area (Å²) in [6.07, 6.45) is 2.47. The van der Waals surface area contributed by atoms with Gasteiger partial charge in [0.25, 0.3) is 0 Å². The number of benzene rings is 2. The Morgan fingerprint density at radius 3 is 2.75 bits per heavy atom. The van der Waals surface area contributed by atoms with Crippen LogP contribution in [0, 0.1) is 5.92 Å². The predicted molar refractivity (Wildman–Crippen MR) is 121 cm³/mol. The molecule has 168 valence electrons. The van der Waals surface area contributed by atoms with Crippen LogP contribution in [-0.2, 0) is 23.4 Å². The summed E-state index contributed by atoms with van der Waals surface area (Å²) < 4.78 is 12.1. The molecule has 3 aliphatic heterocycles. The minimum absolute atomic E-state index is 0.260. The summed E-state index contributed by atoms with van der Waals surface area (Å²) in [7, 11) is 0. The van der Waals surface area contributed by atoms with Crippen molar-refractivity contribution in [3.63, 3.8) is 0 Å². The molecule has 5 rings (SSSR count). The fraction of sp³-hybridized carbons (Fsp3) is 0.423. The Morgan fingerprint density at radius 2 is 2.00 bits per heavy atom. The van der Waals surface area contributed by atoms with E-state index in [4.69, 9.17) is 14.6 Å². The second-order valence-electron chi connectivity index (χ2n) is 9.21. The van der Waals surface area contributed by atoms with Gasteiger partial charge in [0.15, 0.2) is 0 Å². The number of carbonyl (C=O) groups is 1. The third-order valence-electron chi connectivity index (χ3n) is 6.87. The lowest BCUT2D eigenvalue weighted by molar-refractivity contribution is -0.147. The lowest BCUT2D eigenvalue weighted by atomic mass is 9.92. The van der Waals surface area contributed by atoms with Gasteiger partial charge < -0.3 is 19.7 Å². The first-order chi connectivity index (χ1) is 15.4. The molecular formula is C26H29NO5. The van der Waals surface area contributed by atoms with Crippen LogP contribution in [0.1, 0.15) is 42.5 Å². The lowest BCUT2D eigenvalue weighted by Crippen LogP contribution is -2.51. The number of aliphatic hydroxyl groups is 1. The summed E-state index contributed by atoms with van der Waals surface area (Å²) in [5.74, 6) is -0.877. The molecule has 1 unspecified atom stereocenters. The molecule has 1 fully saturated rings. The van der Waals surface area contributed by atoms with Crippen molar-refractivity contribution in [2.75, 3.05) is 26.2 Å². The lowest BCUT2D eigenvalue weighted by Gasteiger charge is -2.38. The SMILES string of the molecule is CCCc1ccc2c(c1)OC(O)(c1ccc3c(c1)OCC(CN1CC(C(=O)O)C1)=C3C)C2. The van der Waals surface area contributed by atoms with Gasteiger partial charge in [-0.1, -0.05) is 37.6 Å². The fourth-order valence-corrected chi connectivity index (χ4v) is 4.87. The van der Waals surface area contributed by atoms with Gasteiger partial charge in [-0.15, -0.1) is 0 Å². The molecule has 3 heterocycles. The molecule has 1 saturated heterocycles. The third kappa shape index (κ3) is 3.67. The maximum atomic E-state index is 11.3. The molecule has 2 aromatic carbocycles. The Balaban J connectivity index is 1.34. The van der Waals surface area contributed by atoms with Crippen molar-refractivity contribution in [3.8, 4) is 11.5 Å². The number of hydrogen-bond acceptors (Lipinski definition) is 5. The molecule has 2 aromatic rings. The van der Waals surface area contributed by atoms with Crippen LogP contribution >= 0.6 is 0 Å². The summed E-state index contributed by atoms with van der Waals surface area (Å²) in [5.41, 5.74) is 6.25. The highest BCUT2D eigenvalue weighted by Crippen LogP contribution is 2.43. The van der Waals surface area contributed by atoms with Gasteiger partial charge in [-0.2, -0.15) is 0 Å². The number of aliphatic carboxylic acids is 1. The quantitative estimate of drug-likeness (QED) is 0.722. The van der Waals surface area contributed by atoms with E-state index in [0.29, 0.717) is 31.7 Å². The van der Waals surface area contributed by atoms with Crippen LogP contribution in [0.3, 0.4) is 0 Å². The topological polar surface area (TPSA) is 79.2 Å². The molecule has 0 aromatic heterocycles. The molecule has 32 heavy (non-hydrogen) atoms. The van der Waals surface area contributed by atoms with Crippen molar-refractivity contribution in [2.45, 2.75) is 38.9 Å². The van der Waals surface area contributed by atoms with Gasteiger partial charge >= 0.3 is 5.97 Å². The first-order valence-electron chi connectivity index (χ1n) is 11.3. The third-order valence-corrected chi connectivity index (χ3v) is 6.87. The Hall–Kier alpha value is -2.83. The van der Waals surface area contributed by atoms with E-state index in [0.717, 1.165) is 47.6 Å². The van der Waals surface area contributed by atoms with Crippen molar-refractivity contribution in [1.29, 1.82) is 0 Å². The van der Waals surface area contributed by atoms with Gasteiger partial charge in [-0.05, 0) is 42.2 Å². The van der Waals surface area contributed by atoms with E-state index < -0.39 is 11.8 Å². The second kappa shape index (κ2) is 7.94. The van der Waals surface area contributed by atoms with Crippen molar-refractivity contribution in [3.05, 3.63) is 64.2 Å². The first kappa shape index (κ1) is 21.0. The Morgan fingerprint density at radius 1 is 1.19 bits per heavy atom. The van der Waals surface area contributed by atoms with Gasteiger partial charge in [0.1, 0.15) is 18.1 Å².